The van der Waals surface area contributed by atoms with Gasteiger partial charge in [-0.15, -0.1) is 0 Å². The molecule has 0 aromatic rings. The van der Waals surface area contributed by atoms with Crippen molar-refractivity contribution in [3.63, 3.8) is 0 Å². The summed E-state index contributed by atoms with van der Waals surface area (Å²) in [5, 5.41) is 0. The summed E-state index contributed by atoms with van der Waals surface area (Å²) in [6.07, 6.45) is 1.02. The van der Waals surface area contributed by atoms with E-state index in [-0.39, 0.29) is 11.2 Å². The second-order valence-corrected chi connectivity index (χ2v) is 5.10. The van der Waals surface area contributed by atoms with Crippen LogP contribution in [-0.4, -0.2) is 20.3 Å². The molecular weight excluding hydrogens is 166 g/mol. The minimum atomic E-state index is -3.59. The van der Waals surface area contributed by atoms with Crippen molar-refractivity contribution in [1.82, 2.24) is 0 Å². The van der Waals surface area contributed by atoms with E-state index in [1.54, 1.807) is 20.8 Å². The van der Waals surface area contributed by atoms with Crippen LogP contribution in [0.1, 0.15) is 20.8 Å². The highest BCUT2D eigenvalue weighted by Crippen LogP contribution is 2.16. The van der Waals surface area contributed by atoms with Gasteiger partial charge in [0.15, 0.2) is 0 Å². The molecule has 0 N–H and O–H groups in total. The lowest BCUT2D eigenvalue weighted by Gasteiger charge is -2.14. The average Bonchev–Trinajstić information content (AvgIpc) is 1.55. The normalized spacial score (nSPS) is 12.3. The number of hydrogen-bond acceptors (Lipinski definition) is 3. The molecule has 0 rings (SSSR count). The number of hydrogen-bond donors (Lipinski definition) is 0. The van der Waals surface area contributed by atoms with Crippen LogP contribution in [0.5, 0.6) is 0 Å². The summed E-state index contributed by atoms with van der Waals surface area (Å²) < 4.78 is 24.3. The molecule has 0 bridgehead atoms. The van der Waals surface area contributed by atoms with Gasteiger partial charge in [-0.1, -0.05) is 25.2 Å². The molecule has 0 saturated carbocycles. The van der Waals surface area contributed by atoms with Crippen molar-refractivity contribution in [2.24, 2.45) is 9.81 Å². The Hall–Kier alpha value is -0.670. The van der Waals surface area contributed by atoms with Crippen LogP contribution in [0, 0.1) is 5.41 Å². The molecule has 0 saturated heterocycles. The van der Waals surface area contributed by atoms with E-state index in [1.807, 2.05) is 0 Å². The molecule has 0 aromatic heterocycles. The Morgan fingerprint density at radius 2 is 1.82 bits per heavy atom. The third kappa shape index (κ3) is 5.76. The molecule has 0 aliphatic carbocycles. The highest BCUT2D eigenvalue weighted by molar-refractivity contribution is 7.90. The van der Waals surface area contributed by atoms with Gasteiger partial charge in [-0.25, -0.2) is 13.2 Å². The quantitative estimate of drug-likeness (QED) is 0.460. The van der Waals surface area contributed by atoms with Gasteiger partial charge in [-0.05, 0) is 5.41 Å². The molecule has 4 nitrogen and oxygen atoms in total. The van der Waals surface area contributed by atoms with E-state index in [1.165, 1.54) is 0 Å². The summed E-state index contributed by atoms with van der Waals surface area (Å²) >= 11 is 0. The van der Waals surface area contributed by atoms with Crippen LogP contribution in [0.2, 0.25) is 0 Å². The van der Waals surface area contributed by atoms with E-state index in [0.717, 1.165) is 6.08 Å². The second-order valence-electron chi connectivity index (χ2n) is 3.47. The van der Waals surface area contributed by atoms with Crippen molar-refractivity contribution in [1.29, 1.82) is 0 Å². The lowest BCUT2D eigenvalue weighted by molar-refractivity contribution is 0.462. The van der Waals surface area contributed by atoms with Crippen molar-refractivity contribution in [2.75, 3.05) is 5.75 Å². The van der Waals surface area contributed by atoms with Gasteiger partial charge in [0.2, 0.25) is 0 Å². The van der Waals surface area contributed by atoms with Gasteiger partial charge in [-0.3, -0.25) is 0 Å². The van der Waals surface area contributed by atoms with Gasteiger partial charge in [0.25, 0.3) is 16.1 Å². The summed E-state index contributed by atoms with van der Waals surface area (Å²) in [4.78, 5) is 9.64. The van der Waals surface area contributed by atoms with Gasteiger partial charge in [0, 0.05) is 0 Å². The molecule has 11 heavy (non-hydrogen) atoms. The van der Waals surface area contributed by atoms with E-state index in [2.05, 4.69) is 4.40 Å². The van der Waals surface area contributed by atoms with Crippen molar-refractivity contribution in [3.05, 3.63) is 0 Å². The van der Waals surface area contributed by atoms with Crippen molar-refractivity contribution < 1.29 is 13.2 Å². The SMILES string of the molecule is CC(C)(C)CS(=O)(=O)N=C=O. The molecule has 0 unspecified atom stereocenters. The first-order chi connectivity index (χ1) is 4.77. The molecule has 0 spiro atoms. The van der Waals surface area contributed by atoms with Crippen LogP contribution in [0.15, 0.2) is 4.40 Å². The average molecular weight is 177 g/mol. The standard InChI is InChI=1S/C6H11NO3S/c1-6(2,3)4-11(9,10)7-5-8/h4H2,1-3H3. The Labute approximate surface area is 66.4 Å². The van der Waals surface area contributed by atoms with E-state index >= 15 is 0 Å². The van der Waals surface area contributed by atoms with Crippen LogP contribution in [0.25, 0.3) is 0 Å². The van der Waals surface area contributed by atoms with Crippen LogP contribution in [0.3, 0.4) is 0 Å². The minimum absolute atomic E-state index is 0.130. The first-order valence-electron chi connectivity index (χ1n) is 3.09. The third-order valence-corrected chi connectivity index (χ3v) is 2.38. The van der Waals surface area contributed by atoms with Gasteiger partial charge in [-0.2, -0.15) is 0 Å². The van der Waals surface area contributed by atoms with Gasteiger partial charge in [0.1, 0.15) is 0 Å². The molecule has 0 atom stereocenters. The van der Waals surface area contributed by atoms with Crippen LogP contribution < -0.4 is 0 Å². The molecule has 0 aliphatic rings. The molecule has 0 heterocycles. The zero-order valence-electron chi connectivity index (χ0n) is 6.79. The summed E-state index contributed by atoms with van der Waals surface area (Å²) in [7, 11) is -3.59. The summed E-state index contributed by atoms with van der Waals surface area (Å²) in [5.74, 6) is -0.130. The van der Waals surface area contributed by atoms with E-state index < -0.39 is 10.0 Å². The molecule has 0 amide bonds. The molecule has 0 aliphatic heterocycles. The zero-order valence-corrected chi connectivity index (χ0v) is 7.60. The lowest BCUT2D eigenvalue weighted by Crippen LogP contribution is -2.18. The molecule has 0 aromatic carbocycles. The Kier molecular flexibility index (Phi) is 2.96. The zero-order chi connectivity index (χ0) is 9.12. The fourth-order valence-corrected chi connectivity index (χ4v) is 1.91. The maximum atomic E-state index is 10.8. The molecule has 0 radical (unpaired) electrons. The molecular formula is C6H11NO3S. The third-order valence-electron chi connectivity index (χ3n) is 0.792. The van der Waals surface area contributed by atoms with Crippen molar-refractivity contribution in [2.45, 2.75) is 20.8 Å². The Balaban J connectivity index is 4.52. The highest BCUT2D eigenvalue weighted by atomic mass is 32.2. The maximum absolute atomic E-state index is 10.8. The molecule has 0 fully saturated rings. The van der Waals surface area contributed by atoms with Gasteiger partial charge in [0.05, 0.1) is 5.75 Å². The second kappa shape index (κ2) is 3.15. The fourth-order valence-electron chi connectivity index (χ4n) is 0.636. The van der Waals surface area contributed by atoms with Gasteiger partial charge >= 0.3 is 0 Å². The number of carbonyl (C=O) groups excluding carboxylic acids is 1. The first-order valence-corrected chi connectivity index (χ1v) is 4.70. The van der Waals surface area contributed by atoms with E-state index in [0.29, 0.717) is 0 Å². The predicted molar refractivity (Wildman–Crippen MR) is 41.4 cm³/mol. The predicted octanol–water partition coefficient (Wildman–Crippen LogP) is 0.698. The van der Waals surface area contributed by atoms with Crippen LogP contribution in [-0.2, 0) is 14.8 Å². The Bertz CT molecular complexity index is 267. The Morgan fingerprint density at radius 1 is 1.36 bits per heavy atom. The topological polar surface area (TPSA) is 63.6 Å². The van der Waals surface area contributed by atoms with E-state index in [4.69, 9.17) is 0 Å². The number of rotatable bonds is 2. The monoisotopic (exact) mass is 177 g/mol. The number of nitrogens with zero attached hydrogens (tertiary/aromatic N) is 1. The molecule has 64 valence electrons. The smallest absolute Gasteiger partial charge is 0.210 e. The van der Waals surface area contributed by atoms with Crippen LogP contribution in [0.4, 0.5) is 0 Å². The Morgan fingerprint density at radius 3 is 2.09 bits per heavy atom. The highest BCUT2D eigenvalue weighted by Gasteiger charge is 2.20. The van der Waals surface area contributed by atoms with Crippen LogP contribution >= 0.6 is 0 Å². The summed E-state index contributed by atoms with van der Waals surface area (Å²) in [6.45, 7) is 5.26. The lowest BCUT2D eigenvalue weighted by atomic mass is 10.0. The fraction of sp³-hybridized carbons (Fsp3) is 0.833. The summed E-state index contributed by atoms with van der Waals surface area (Å²) in [5.41, 5.74) is -0.376. The van der Waals surface area contributed by atoms with Gasteiger partial charge < -0.3 is 0 Å². The minimum Gasteiger partial charge on any atom is -0.210 e. The van der Waals surface area contributed by atoms with Crippen molar-refractivity contribution in [3.8, 4) is 0 Å². The summed E-state index contributed by atoms with van der Waals surface area (Å²) in [6, 6.07) is 0. The van der Waals surface area contributed by atoms with E-state index in [9.17, 15) is 13.2 Å². The number of sulfonamides is 1. The molecule has 5 heteroatoms. The largest absolute Gasteiger partial charge is 0.263 e. The maximum Gasteiger partial charge on any atom is 0.263 e. The number of isocyanates is 1. The van der Waals surface area contributed by atoms with Crippen molar-refractivity contribution >= 4 is 16.1 Å². The first kappa shape index (κ1) is 10.3.